The number of aliphatic hydroxyl groups excluding tert-OH is 9. The standard InChI is InChI=1S/C6H14O6.C3H8O3/c7-1-3(9)5(11)6(12)4(10)2-8;4-1-3(6)2-5/h3-12H,1-2H2;3-6H,1-2H2/t3-,4-,5-,6-;/m1./s1. The predicted molar refractivity (Wildman–Crippen MR) is 58.4 cm³/mol. The van der Waals surface area contributed by atoms with Crippen LogP contribution in [-0.2, 0) is 0 Å². The lowest BCUT2D eigenvalue weighted by atomic mass is 10.0. The molecule has 0 spiro atoms. The summed E-state index contributed by atoms with van der Waals surface area (Å²) < 4.78 is 0. The van der Waals surface area contributed by atoms with Crippen molar-refractivity contribution in [1.82, 2.24) is 0 Å². The molecule has 9 heteroatoms. The van der Waals surface area contributed by atoms with E-state index in [1.165, 1.54) is 0 Å². The van der Waals surface area contributed by atoms with E-state index in [2.05, 4.69) is 0 Å². The third kappa shape index (κ3) is 8.69. The highest BCUT2D eigenvalue weighted by Gasteiger charge is 2.29. The van der Waals surface area contributed by atoms with E-state index in [9.17, 15) is 0 Å². The molecule has 0 aromatic rings. The molecule has 0 rings (SSSR count). The summed E-state index contributed by atoms with van der Waals surface area (Å²) in [4.78, 5) is 0. The molecular weight excluding hydrogens is 252 g/mol. The second kappa shape index (κ2) is 11.7. The van der Waals surface area contributed by atoms with Gasteiger partial charge in [-0.3, -0.25) is 0 Å². The zero-order valence-corrected chi connectivity index (χ0v) is 9.74. The molecule has 0 aromatic heterocycles. The highest BCUT2D eigenvalue weighted by Crippen LogP contribution is 2.03. The molecule has 9 nitrogen and oxygen atoms in total. The van der Waals surface area contributed by atoms with Gasteiger partial charge in [-0.05, 0) is 0 Å². The third-order valence-corrected chi connectivity index (χ3v) is 1.93. The lowest BCUT2D eigenvalue weighted by Gasteiger charge is -2.24. The zero-order valence-electron chi connectivity index (χ0n) is 9.74. The summed E-state index contributed by atoms with van der Waals surface area (Å²) in [5, 5.41) is 76.2. The molecule has 0 aliphatic carbocycles. The van der Waals surface area contributed by atoms with Gasteiger partial charge in [0, 0.05) is 0 Å². The molecular formula is C9H22O9. The topological polar surface area (TPSA) is 182 Å². The van der Waals surface area contributed by atoms with Crippen LogP contribution in [-0.4, -0.2) is 103 Å². The minimum absolute atomic E-state index is 0.365. The quantitative estimate of drug-likeness (QED) is 0.219. The van der Waals surface area contributed by atoms with Crippen LogP contribution in [0.5, 0.6) is 0 Å². The molecule has 0 aliphatic rings. The number of hydrogen-bond acceptors (Lipinski definition) is 9. The molecule has 0 amide bonds. The van der Waals surface area contributed by atoms with Crippen molar-refractivity contribution in [2.75, 3.05) is 26.4 Å². The summed E-state index contributed by atoms with van der Waals surface area (Å²) in [6.45, 7) is -2.18. The minimum atomic E-state index is -1.67. The average molecular weight is 274 g/mol. The molecule has 0 aromatic carbocycles. The van der Waals surface area contributed by atoms with Gasteiger partial charge >= 0.3 is 0 Å². The van der Waals surface area contributed by atoms with E-state index in [1.54, 1.807) is 0 Å². The number of rotatable bonds is 7. The van der Waals surface area contributed by atoms with Crippen molar-refractivity contribution < 1.29 is 46.0 Å². The van der Waals surface area contributed by atoms with Crippen LogP contribution in [0.4, 0.5) is 0 Å². The van der Waals surface area contributed by atoms with E-state index in [0.29, 0.717) is 0 Å². The number of hydrogen-bond donors (Lipinski definition) is 9. The first-order chi connectivity index (χ1) is 8.35. The summed E-state index contributed by atoms with van der Waals surface area (Å²) in [6, 6.07) is 0. The predicted octanol–water partition coefficient (Wildman–Crippen LogP) is -5.25. The van der Waals surface area contributed by atoms with Gasteiger partial charge in [0.15, 0.2) is 0 Å². The molecule has 0 unspecified atom stereocenters. The summed E-state index contributed by atoms with van der Waals surface area (Å²) >= 11 is 0. The summed E-state index contributed by atoms with van der Waals surface area (Å²) in [6.07, 6.45) is -7.35. The Hall–Kier alpha value is -0.360. The summed E-state index contributed by atoms with van der Waals surface area (Å²) in [7, 11) is 0. The molecule has 0 saturated heterocycles. The Kier molecular flexibility index (Phi) is 13.0. The SMILES string of the molecule is OCC(O)CO.OC[C@@H](O)[C@@H](O)[C@H](O)[C@H](O)CO. The first-order valence-electron chi connectivity index (χ1n) is 5.19. The summed E-state index contributed by atoms with van der Waals surface area (Å²) in [5.74, 6) is 0. The maximum absolute atomic E-state index is 8.96. The van der Waals surface area contributed by atoms with Crippen molar-refractivity contribution in [3.8, 4) is 0 Å². The molecule has 0 heterocycles. The van der Waals surface area contributed by atoms with Crippen LogP contribution in [0.2, 0.25) is 0 Å². The van der Waals surface area contributed by atoms with Gasteiger partial charge in [-0.2, -0.15) is 0 Å². The normalized spacial score (nSPS) is 17.7. The minimum Gasteiger partial charge on any atom is -0.394 e. The van der Waals surface area contributed by atoms with Gasteiger partial charge in [-0.15, -0.1) is 0 Å². The van der Waals surface area contributed by atoms with Crippen LogP contribution in [0.15, 0.2) is 0 Å². The van der Waals surface area contributed by atoms with Crippen molar-refractivity contribution in [1.29, 1.82) is 0 Å². The molecule has 0 bridgehead atoms. The van der Waals surface area contributed by atoms with Gasteiger partial charge < -0.3 is 46.0 Å². The maximum Gasteiger partial charge on any atom is 0.111 e. The third-order valence-electron chi connectivity index (χ3n) is 1.93. The van der Waals surface area contributed by atoms with E-state index in [1.807, 2.05) is 0 Å². The fourth-order valence-electron chi connectivity index (χ4n) is 0.729. The van der Waals surface area contributed by atoms with Crippen LogP contribution in [0, 0.1) is 0 Å². The first kappa shape index (κ1) is 20.0. The van der Waals surface area contributed by atoms with E-state index < -0.39 is 43.7 Å². The van der Waals surface area contributed by atoms with E-state index in [4.69, 9.17) is 46.0 Å². The first-order valence-corrected chi connectivity index (χ1v) is 5.19. The van der Waals surface area contributed by atoms with Crippen molar-refractivity contribution >= 4 is 0 Å². The van der Waals surface area contributed by atoms with Crippen molar-refractivity contribution in [2.24, 2.45) is 0 Å². The van der Waals surface area contributed by atoms with Gasteiger partial charge in [0.1, 0.15) is 30.5 Å². The maximum atomic E-state index is 8.96. The average Bonchev–Trinajstić information content (AvgIpc) is 2.43. The molecule has 0 saturated carbocycles. The fraction of sp³-hybridized carbons (Fsp3) is 1.00. The van der Waals surface area contributed by atoms with Crippen molar-refractivity contribution in [3.05, 3.63) is 0 Å². The van der Waals surface area contributed by atoms with E-state index >= 15 is 0 Å². The van der Waals surface area contributed by atoms with Crippen LogP contribution >= 0.6 is 0 Å². The molecule has 112 valence electrons. The Morgan fingerprint density at radius 1 is 0.500 bits per heavy atom. The van der Waals surface area contributed by atoms with Crippen LogP contribution in [0.3, 0.4) is 0 Å². The highest BCUT2D eigenvalue weighted by atomic mass is 16.4. The second-order valence-electron chi connectivity index (χ2n) is 3.50. The Labute approximate surface area is 104 Å². The highest BCUT2D eigenvalue weighted by molar-refractivity contribution is 4.79. The molecule has 4 atom stereocenters. The Bertz CT molecular complexity index is 161. The lowest BCUT2D eigenvalue weighted by Crippen LogP contribution is -2.46. The summed E-state index contributed by atoms with van der Waals surface area (Å²) in [5.41, 5.74) is 0. The smallest absolute Gasteiger partial charge is 0.111 e. The molecule has 9 N–H and O–H groups in total. The van der Waals surface area contributed by atoms with Crippen LogP contribution < -0.4 is 0 Å². The van der Waals surface area contributed by atoms with Crippen molar-refractivity contribution in [3.63, 3.8) is 0 Å². The van der Waals surface area contributed by atoms with Crippen molar-refractivity contribution in [2.45, 2.75) is 30.5 Å². The van der Waals surface area contributed by atoms with Gasteiger partial charge in [-0.1, -0.05) is 0 Å². The molecule has 0 aliphatic heterocycles. The molecule has 18 heavy (non-hydrogen) atoms. The Balaban J connectivity index is 0. The molecule has 0 fully saturated rings. The Morgan fingerprint density at radius 2 is 0.778 bits per heavy atom. The van der Waals surface area contributed by atoms with E-state index in [0.717, 1.165) is 0 Å². The van der Waals surface area contributed by atoms with Crippen LogP contribution in [0.25, 0.3) is 0 Å². The van der Waals surface area contributed by atoms with E-state index in [-0.39, 0.29) is 13.2 Å². The second-order valence-corrected chi connectivity index (χ2v) is 3.50. The molecule has 0 radical (unpaired) electrons. The number of aliphatic hydroxyl groups is 9. The van der Waals surface area contributed by atoms with Gasteiger partial charge in [0.2, 0.25) is 0 Å². The monoisotopic (exact) mass is 274 g/mol. The largest absolute Gasteiger partial charge is 0.394 e. The van der Waals surface area contributed by atoms with Gasteiger partial charge in [-0.25, -0.2) is 0 Å². The Morgan fingerprint density at radius 3 is 0.889 bits per heavy atom. The fourth-order valence-corrected chi connectivity index (χ4v) is 0.729. The lowest BCUT2D eigenvalue weighted by molar-refractivity contribution is -0.123. The van der Waals surface area contributed by atoms with Gasteiger partial charge in [0.05, 0.1) is 26.4 Å². The van der Waals surface area contributed by atoms with Gasteiger partial charge in [0.25, 0.3) is 0 Å². The van der Waals surface area contributed by atoms with Crippen LogP contribution in [0.1, 0.15) is 0 Å². The zero-order chi connectivity index (χ0) is 14.7.